The van der Waals surface area contributed by atoms with Crippen LogP contribution in [0, 0.1) is 5.92 Å². The van der Waals surface area contributed by atoms with Gasteiger partial charge in [-0.3, -0.25) is 4.79 Å². The topological polar surface area (TPSA) is 53.8 Å². The highest BCUT2D eigenvalue weighted by atomic mass is 79.9. The number of carbonyl (C=O) groups excluding carboxylic acids is 1. The first-order valence-electron chi connectivity index (χ1n) is 9.20. The molecule has 1 unspecified atom stereocenters. The number of azo groups is 1. The molecule has 0 radical (unpaired) electrons. The van der Waals surface area contributed by atoms with Gasteiger partial charge in [0.1, 0.15) is 0 Å². The molecule has 0 saturated heterocycles. The van der Waals surface area contributed by atoms with Crippen molar-refractivity contribution >= 4 is 21.7 Å². The summed E-state index contributed by atoms with van der Waals surface area (Å²) in [4.78, 5) is 13.1. The maximum absolute atomic E-state index is 13.8. The summed E-state index contributed by atoms with van der Waals surface area (Å²) in [6.45, 7) is 3.79. The van der Waals surface area contributed by atoms with Crippen molar-refractivity contribution in [1.29, 1.82) is 0 Å². The molecule has 0 spiro atoms. The lowest BCUT2D eigenvalue weighted by Crippen LogP contribution is -2.51. The van der Waals surface area contributed by atoms with Crippen LogP contribution in [0.4, 0.5) is 13.2 Å². The number of ketones is 1. The largest absolute Gasteiger partial charge is 0.435 e. The fourth-order valence-electron chi connectivity index (χ4n) is 4.76. The van der Waals surface area contributed by atoms with E-state index in [-0.39, 0.29) is 17.3 Å². The van der Waals surface area contributed by atoms with E-state index in [1.807, 2.05) is 19.9 Å². The smallest absolute Gasteiger partial charge is 0.362 e. The van der Waals surface area contributed by atoms with Crippen molar-refractivity contribution in [1.82, 2.24) is 5.32 Å². The zero-order valence-corrected chi connectivity index (χ0v) is 17.0. The number of rotatable bonds is 2. The summed E-state index contributed by atoms with van der Waals surface area (Å²) < 4.78 is 42.3. The molecule has 0 amide bonds. The predicted molar refractivity (Wildman–Crippen MR) is 101 cm³/mol. The first-order valence-corrected chi connectivity index (χ1v) is 10.00. The third kappa shape index (κ3) is 2.76. The molecule has 8 heteroatoms. The molecule has 3 atom stereocenters. The number of halogens is 4. The monoisotopic (exact) mass is 453 g/mol. The van der Waals surface area contributed by atoms with Crippen LogP contribution < -0.4 is 5.32 Å². The van der Waals surface area contributed by atoms with Gasteiger partial charge in [0.2, 0.25) is 0 Å². The first-order chi connectivity index (χ1) is 13.2. The zero-order valence-electron chi connectivity index (χ0n) is 15.4. The second-order valence-electron chi connectivity index (χ2n) is 7.58. The van der Waals surface area contributed by atoms with Gasteiger partial charge < -0.3 is 5.32 Å². The van der Waals surface area contributed by atoms with Gasteiger partial charge in [0, 0.05) is 27.7 Å². The molecule has 2 aliphatic heterocycles. The quantitative estimate of drug-likeness (QED) is 0.636. The van der Waals surface area contributed by atoms with E-state index >= 15 is 0 Å². The van der Waals surface area contributed by atoms with E-state index in [0.29, 0.717) is 36.1 Å². The number of alkyl halides is 3. The maximum atomic E-state index is 13.8. The molecule has 1 aromatic carbocycles. The van der Waals surface area contributed by atoms with Crippen molar-refractivity contribution in [2.75, 3.05) is 0 Å². The Hall–Kier alpha value is -1.96. The number of allylic oxidation sites excluding steroid dienone is 3. The van der Waals surface area contributed by atoms with E-state index in [9.17, 15) is 18.0 Å². The lowest BCUT2D eigenvalue weighted by atomic mass is 9.60. The molecule has 148 valence electrons. The highest BCUT2D eigenvalue weighted by molar-refractivity contribution is 9.10. The molecule has 3 aliphatic rings. The van der Waals surface area contributed by atoms with Crippen LogP contribution in [0.5, 0.6) is 0 Å². The zero-order chi connectivity index (χ0) is 20.3. The molecule has 0 fully saturated rings. The van der Waals surface area contributed by atoms with Gasteiger partial charge in [0.05, 0.1) is 5.41 Å². The van der Waals surface area contributed by atoms with E-state index in [1.54, 1.807) is 18.2 Å². The average molecular weight is 454 g/mol. The fourth-order valence-corrected chi connectivity index (χ4v) is 5.16. The lowest BCUT2D eigenvalue weighted by Gasteiger charge is -2.46. The number of benzene rings is 1. The van der Waals surface area contributed by atoms with Gasteiger partial charge in [0.15, 0.2) is 17.6 Å². The first kappa shape index (κ1) is 19.4. The van der Waals surface area contributed by atoms with Crippen LogP contribution in [0.2, 0.25) is 0 Å². The van der Waals surface area contributed by atoms with E-state index in [4.69, 9.17) is 0 Å². The van der Waals surface area contributed by atoms with Crippen molar-refractivity contribution < 1.29 is 18.0 Å². The molecule has 0 aromatic heterocycles. The van der Waals surface area contributed by atoms with Crippen LogP contribution in [-0.2, 0) is 10.2 Å². The number of hydrogen-bond acceptors (Lipinski definition) is 4. The summed E-state index contributed by atoms with van der Waals surface area (Å²) >= 11 is 3.42. The molecular weight excluding hydrogens is 435 g/mol. The molecule has 1 N–H and O–H groups in total. The van der Waals surface area contributed by atoms with Gasteiger partial charge in [-0.05, 0) is 36.5 Å². The Kier molecular flexibility index (Phi) is 4.52. The molecule has 28 heavy (non-hydrogen) atoms. The number of hydrogen-bond donors (Lipinski definition) is 1. The van der Waals surface area contributed by atoms with Crippen LogP contribution in [0.15, 0.2) is 61.5 Å². The molecule has 2 heterocycles. The number of carbonyl (C=O) groups is 1. The van der Waals surface area contributed by atoms with Gasteiger partial charge in [-0.25, -0.2) is 0 Å². The highest BCUT2D eigenvalue weighted by Gasteiger charge is 2.56. The number of fused-ring (bicyclic) bond motifs is 1. The third-order valence-electron chi connectivity index (χ3n) is 5.78. The SMILES string of the molecule is CC[C@]1(c2cccc(Br)c2)C2=C(C[C@H](C)CC2=O)NC2N=NC(C(F)(F)F)=C21. The Labute approximate surface area is 169 Å². The third-order valence-corrected chi connectivity index (χ3v) is 6.28. The van der Waals surface area contributed by atoms with Crippen molar-refractivity contribution in [3.8, 4) is 0 Å². The minimum absolute atomic E-state index is 0.0299. The summed E-state index contributed by atoms with van der Waals surface area (Å²) in [5, 5.41) is 10.5. The summed E-state index contributed by atoms with van der Waals surface area (Å²) in [7, 11) is 0. The molecule has 0 bridgehead atoms. The standard InChI is InChI=1S/C20H19BrF3N3O/c1-3-19(11-5-4-6-12(21)9-11)15-13(7-10(2)8-14(15)28)25-18-16(19)17(26-27-18)20(22,23)24/h4-6,9-10,18,25H,3,7-8H2,1-2H3/t10-,18?,19-/m0/s1. The molecule has 4 nitrogen and oxygen atoms in total. The van der Waals surface area contributed by atoms with Crippen molar-refractivity contribution in [2.45, 2.75) is 50.9 Å². The minimum atomic E-state index is -4.65. The van der Waals surface area contributed by atoms with Gasteiger partial charge in [0.25, 0.3) is 0 Å². The Morgan fingerprint density at radius 1 is 1.32 bits per heavy atom. The van der Waals surface area contributed by atoms with Crippen LogP contribution in [0.25, 0.3) is 0 Å². The van der Waals surface area contributed by atoms with Crippen LogP contribution in [0.3, 0.4) is 0 Å². The number of nitrogens with zero attached hydrogens (tertiary/aromatic N) is 2. The summed E-state index contributed by atoms with van der Waals surface area (Å²) in [6.07, 6.45) is -4.32. The minimum Gasteiger partial charge on any atom is -0.362 e. The van der Waals surface area contributed by atoms with Gasteiger partial charge >= 0.3 is 6.18 Å². The second-order valence-corrected chi connectivity index (χ2v) is 8.50. The molecule has 0 saturated carbocycles. The van der Waals surface area contributed by atoms with E-state index in [0.717, 1.165) is 4.47 Å². The highest BCUT2D eigenvalue weighted by Crippen LogP contribution is 2.55. The normalized spacial score (nSPS) is 29.7. The van der Waals surface area contributed by atoms with Gasteiger partial charge in [-0.2, -0.15) is 18.3 Å². The Morgan fingerprint density at radius 3 is 2.71 bits per heavy atom. The predicted octanol–water partition coefficient (Wildman–Crippen LogP) is 5.56. The second kappa shape index (κ2) is 6.54. The summed E-state index contributed by atoms with van der Waals surface area (Å²) in [5.41, 5.74) is -0.392. The van der Waals surface area contributed by atoms with Gasteiger partial charge in [-0.1, -0.05) is 41.9 Å². The van der Waals surface area contributed by atoms with Crippen molar-refractivity contribution in [3.05, 3.63) is 56.8 Å². The van der Waals surface area contributed by atoms with Crippen molar-refractivity contribution in [3.63, 3.8) is 0 Å². The Morgan fingerprint density at radius 2 is 2.07 bits per heavy atom. The van der Waals surface area contributed by atoms with E-state index < -0.39 is 23.5 Å². The molecule has 1 aliphatic carbocycles. The maximum Gasteiger partial charge on any atom is 0.435 e. The Bertz CT molecular complexity index is 950. The molecule has 1 aromatic rings. The molecular formula is C20H19BrF3N3O. The number of nitrogens with one attached hydrogen (secondary N) is 1. The van der Waals surface area contributed by atoms with Crippen LogP contribution in [0.1, 0.15) is 38.7 Å². The van der Waals surface area contributed by atoms with Crippen LogP contribution in [-0.4, -0.2) is 18.1 Å². The lowest BCUT2D eigenvalue weighted by molar-refractivity contribution is -0.118. The fraction of sp³-hybridized carbons (Fsp3) is 0.450. The summed E-state index contributed by atoms with van der Waals surface area (Å²) in [5.74, 6) is 0.0178. The van der Waals surface area contributed by atoms with Crippen molar-refractivity contribution in [2.24, 2.45) is 16.1 Å². The van der Waals surface area contributed by atoms with E-state index in [2.05, 4.69) is 31.5 Å². The summed E-state index contributed by atoms with van der Waals surface area (Å²) in [6, 6.07) is 7.17. The van der Waals surface area contributed by atoms with Gasteiger partial charge in [-0.15, -0.1) is 5.11 Å². The van der Waals surface area contributed by atoms with E-state index in [1.165, 1.54) is 0 Å². The average Bonchev–Trinajstić information content (AvgIpc) is 3.04. The number of Topliss-reactive ketones (excluding diaryl/α,β-unsaturated/α-hetero) is 1. The Balaban J connectivity index is 2.09. The molecule has 4 rings (SSSR count). The van der Waals surface area contributed by atoms with Crippen LogP contribution >= 0.6 is 15.9 Å².